The molecular formula is C20H20BrN5O. The average Bonchev–Trinajstić information content (AvgIpc) is 2.63. The van der Waals surface area contributed by atoms with Crippen molar-refractivity contribution in [1.29, 1.82) is 0 Å². The molecule has 3 rings (SSSR count). The third kappa shape index (κ3) is 5.04. The number of hydrogen-bond acceptors (Lipinski definition) is 5. The summed E-state index contributed by atoms with van der Waals surface area (Å²) in [5.41, 5.74) is 3.03. The molecule has 2 N–H and O–H groups in total. The summed E-state index contributed by atoms with van der Waals surface area (Å²) in [7, 11) is 3.88. The highest BCUT2D eigenvalue weighted by molar-refractivity contribution is 9.10. The lowest BCUT2D eigenvalue weighted by atomic mass is 10.2. The van der Waals surface area contributed by atoms with Gasteiger partial charge in [0, 0.05) is 47.3 Å². The second-order valence-corrected chi connectivity index (χ2v) is 7.17. The van der Waals surface area contributed by atoms with Gasteiger partial charge in [-0.05, 0) is 49.4 Å². The molecule has 0 unspecified atom stereocenters. The Morgan fingerprint density at radius 1 is 1.00 bits per heavy atom. The molecule has 0 bridgehead atoms. The zero-order valence-corrected chi connectivity index (χ0v) is 16.9. The normalized spacial score (nSPS) is 10.4. The van der Waals surface area contributed by atoms with Crippen LogP contribution in [0.5, 0.6) is 0 Å². The van der Waals surface area contributed by atoms with Crippen molar-refractivity contribution in [3.63, 3.8) is 0 Å². The van der Waals surface area contributed by atoms with Crippen molar-refractivity contribution >= 4 is 45.0 Å². The maximum Gasteiger partial charge on any atom is 0.255 e. The number of carbonyl (C=O) groups excluding carboxylic acids is 1. The Bertz CT molecular complexity index is 957. The monoisotopic (exact) mass is 425 g/mol. The molecule has 0 atom stereocenters. The lowest BCUT2D eigenvalue weighted by Crippen LogP contribution is -2.13. The van der Waals surface area contributed by atoms with E-state index in [2.05, 4.69) is 36.5 Å². The van der Waals surface area contributed by atoms with E-state index in [4.69, 9.17) is 0 Å². The van der Waals surface area contributed by atoms with Gasteiger partial charge in [-0.2, -0.15) is 4.98 Å². The molecule has 0 aliphatic heterocycles. The first-order valence-corrected chi connectivity index (χ1v) is 9.17. The van der Waals surface area contributed by atoms with Crippen molar-refractivity contribution in [2.24, 2.45) is 0 Å². The molecule has 0 spiro atoms. The molecule has 0 aliphatic rings. The minimum Gasteiger partial charge on any atom is -0.363 e. The molecule has 27 heavy (non-hydrogen) atoms. The Balaban J connectivity index is 1.70. The van der Waals surface area contributed by atoms with Crippen LogP contribution in [0.3, 0.4) is 0 Å². The number of nitrogens with one attached hydrogen (secondary N) is 2. The highest BCUT2D eigenvalue weighted by Crippen LogP contribution is 2.20. The molecule has 0 radical (unpaired) electrons. The number of anilines is 4. The van der Waals surface area contributed by atoms with Crippen LogP contribution in [0.1, 0.15) is 16.1 Å². The molecule has 1 heterocycles. The van der Waals surface area contributed by atoms with E-state index >= 15 is 0 Å². The van der Waals surface area contributed by atoms with Gasteiger partial charge in [0.1, 0.15) is 5.82 Å². The maximum atomic E-state index is 12.3. The number of aryl methyl sites for hydroxylation is 1. The fourth-order valence-corrected chi connectivity index (χ4v) is 2.84. The van der Waals surface area contributed by atoms with Gasteiger partial charge in [-0.1, -0.05) is 22.0 Å². The van der Waals surface area contributed by atoms with Crippen LogP contribution in [-0.2, 0) is 0 Å². The lowest BCUT2D eigenvalue weighted by Gasteiger charge is -2.14. The summed E-state index contributed by atoms with van der Waals surface area (Å²) in [6.45, 7) is 1.93. The van der Waals surface area contributed by atoms with Crippen LogP contribution in [0.2, 0.25) is 0 Å². The molecule has 0 saturated carbocycles. The smallest absolute Gasteiger partial charge is 0.255 e. The number of rotatable bonds is 5. The van der Waals surface area contributed by atoms with E-state index in [1.807, 2.05) is 68.4 Å². The van der Waals surface area contributed by atoms with E-state index < -0.39 is 0 Å². The van der Waals surface area contributed by atoms with E-state index in [-0.39, 0.29) is 5.91 Å². The average molecular weight is 426 g/mol. The lowest BCUT2D eigenvalue weighted by molar-refractivity contribution is 0.102. The summed E-state index contributed by atoms with van der Waals surface area (Å²) in [4.78, 5) is 23.1. The second kappa shape index (κ2) is 8.18. The van der Waals surface area contributed by atoms with Gasteiger partial charge in [0.2, 0.25) is 5.95 Å². The molecule has 7 heteroatoms. The minimum atomic E-state index is -0.158. The summed E-state index contributed by atoms with van der Waals surface area (Å²) in [6, 6.07) is 16.6. The number of carbonyl (C=O) groups is 1. The highest BCUT2D eigenvalue weighted by Gasteiger charge is 2.07. The van der Waals surface area contributed by atoms with Crippen molar-refractivity contribution in [3.8, 4) is 0 Å². The van der Waals surface area contributed by atoms with Gasteiger partial charge in [0.15, 0.2) is 0 Å². The molecule has 2 aromatic carbocycles. The first kappa shape index (κ1) is 18.8. The Morgan fingerprint density at radius 2 is 1.70 bits per heavy atom. The fourth-order valence-electron chi connectivity index (χ4n) is 2.44. The number of aromatic nitrogens is 2. The van der Waals surface area contributed by atoms with Crippen LogP contribution in [0.4, 0.5) is 23.1 Å². The third-order valence-electron chi connectivity index (χ3n) is 3.78. The van der Waals surface area contributed by atoms with Crippen LogP contribution in [0.25, 0.3) is 0 Å². The zero-order valence-electron chi connectivity index (χ0n) is 15.3. The summed E-state index contributed by atoms with van der Waals surface area (Å²) < 4.78 is 0.866. The SMILES string of the molecule is Cc1cc(N(C)C)nc(Nc2ccc(NC(=O)c3cccc(Br)c3)cc2)n1. The summed E-state index contributed by atoms with van der Waals surface area (Å²) in [5, 5.41) is 6.08. The van der Waals surface area contributed by atoms with Crippen LogP contribution >= 0.6 is 15.9 Å². The molecule has 0 fully saturated rings. The molecule has 3 aromatic rings. The number of hydrogen-bond donors (Lipinski definition) is 2. The van der Waals surface area contributed by atoms with E-state index in [9.17, 15) is 4.79 Å². The third-order valence-corrected chi connectivity index (χ3v) is 4.28. The molecular weight excluding hydrogens is 406 g/mol. The van der Waals surface area contributed by atoms with Gasteiger partial charge in [0.25, 0.3) is 5.91 Å². The Kier molecular flexibility index (Phi) is 5.71. The van der Waals surface area contributed by atoms with Gasteiger partial charge in [-0.15, -0.1) is 0 Å². The van der Waals surface area contributed by atoms with Crippen molar-refractivity contribution in [2.45, 2.75) is 6.92 Å². The predicted octanol–water partition coefficient (Wildman–Crippen LogP) is 4.61. The van der Waals surface area contributed by atoms with E-state index in [1.165, 1.54) is 0 Å². The zero-order chi connectivity index (χ0) is 19.4. The van der Waals surface area contributed by atoms with Crippen LogP contribution in [0, 0.1) is 6.92 Å². The molecule has 0 saturated heterocycles. The Hall–Kier alpha value is -2.93. The molecule has 0 aliphatic carbocycles. The first-order valence-electron chi connectivity index (χ1n) is 8.38. The van der Waals surface area contributed by atoms with E-state index in [0.29, 0.717) is 17.2 Å². The van der Waals surface area contributed by atoms with Gasteiger partial charge in [0.05, 0.1) is 0 Å². The number of amides is 1. The number of nitrogens with zero attached hydrogens (tertiary/aromatic N) is 3. The highest BCUT2D eigenvalue weighted by atomic mass is 79.9. The first-order chi connectivity index (χ1) is 12.9. The van der Waals surface area contributed by atoms with Crippen molar-refractivity contribution in [1.82, 2.24) is 9.97 Å². The second-order valence-electron chi connectivity index (χ2n) is 6.25. The summed E-state index contributed by atoms with van der Waals surface area (Å²) in [6.07, 6.45) is 0. The molecule has 138 valence electrons. The Morgan fingerprint density at radius 3 is 2.37 bits per heavy atom. The van der Waals surface area contributed by atoms with E-state index in [0.717, 1.165) is 21.7 Å². The van der Waals surface area contributed by atoms with Crippen molar-refractivity contribution < 1.29 is 4.79 Å². The Labute approximate surface area is 166 Å². The minimum absolute atomic E-state index is 0.158. The van der Waals surface area contributed by atoms with Gasteiger partial charge in [-0.3, -0.25) is 4.79 Å². The molecule has 6 nitrogen and oxygen atoms in total. The van der Waals surface area contributed by atoms with Crippen molar-refractivity contribution in [3.05, 3.63) is 70.3 Å². The maximum absolute atomic E-state index is 12.3. The van der Waals surface area contributed by atoms with E-state index in [1.54, 1.807) is 12.1 Å². The van der Waals surface area contributed by atoms with Crippen LogP contribution < -0.4 is 15.5 Å². The van der Waals surface area contributed by atoms with Crippen molar-refractivity contribution in [2.75, 3.05) is 29.6 Å². The number of benzene rings is 2. The van der Waals surface area contributed by atoms with Gasteiger partial charge < -0.3 is 15.5 Å². The number of halogens is 1. The van der Waals surface area contributed by atoms with Crippen LogP contribution in [-0.4, -0.2) is 30.0 Å². The molecule has 1 amide bonds. The quantitative estimate of drug-likeness (QED) is 0.624. The predicted molar refractivity (Wildman–Crippen MR) is 113 cm³/mol. The topological polar surface area (TPSA) is 70.2 Å². The standard InChI is InChI=1S/C20H20BrN5O/c1-13-11-18(26(2)3)25-20(22-13)24-17-9-7-16(8-10-17)23-19(27)14-5-4-6-15(21)12-14/h4-12H,1-3H3,(H,23,27)(H,22,24,25). The summed E-state index contributed by atoms with van der Waals surface area (Å²) >= 11 is 3.37. The van der Waals surface area contributed by atoms with Crippen LogP contribution in [0.15, 0.2) is 59.1 Å². The largest absolute Gasteiger partial charge is 0.363 e. The van der Waals surface area contributed by atoms with Gasteiger partial charge >= 0.3 is 0 Å². The summed E-state index contributed by atoms with van der Waals surface area (Å²) in [5.74, 6) is 1.21. The molecule has 1 aromatic heterocycles. The van der Waals surface area contributed by atoms with Gasteiger partial charge in [-0.25, -0.2) is 4.98 Å². The fraction of sp³-hybridized carbons (Fsp3) is 0.150.